The van der Waals surface area contributed by atoms with Gasteiger partial charge in [0.15, 0.2) is 0 Å². The van der Waals surface area contributed by atoms with E-state index >= 15 is 0 Å². The molecule has 1 heterocycles. The third-order valence-electron chi connectivity index (χ3n) is 2.07. The molecule has 0 unspecified atom stereocenters. The van der Waals surface area contributed by atoms with Crippen LogP contribution in [0.4, 0.5) is 0 Å². The molecule has 1 aromatic rings. The molecule has 3 nitrogen and oxygen atoms in total. The first kappa shape index (κ1) is 9.17. The second-order valence-electron chi connectivity index (χ2n) is 3.35. The fourth-order valence-corrected chi connectivity index (χ4v) is 1.19. The lowest BCUT2D eigenvalue weighted by atomic mass is 10.3. The van der Waals surface area contributed by atoms with Gasteiger partial charge in [0.2, 0.25) is 0 Å². The van der Waals surface area contributed by atoms with Crippen LogP contribution in [0.2, 0.25) is 0 Å². The SMILES string of the molecule is OCCC#Cc1ccnc(C2CC2)n1. The highest BCUT2D eigenvalue weighted by atomic mass is 16.2. The summed E-state index contributed by atoms with van der Waals surface area (Å²) in [4.78, 5) is 8.54. The number of hydrogen-bond acceptors (Lipinski definition) is 3. The lowest BCUT2D eigenvalue weighted by Crippen LogP contribution is -1.93. The highest BCUT2D eigenvalue weighted by Crippen LogP contribution is 2.37. The van der Waals surface area contributed by atoms with E-state index in [4.69, 9.17) is 5.11 Å². The molecule has 0 spiro atoms. The minimum Gasteiger partial charge on any atom is -0.395 e. The maximum atomic E-state index is 8.56. The van der Waals surface area contributed by atoms with E-state index in [2.05, 4.69) is 21.8 Å². The van der Waals surface area contributed by atoms with Gasteiger partial charge in [-0.15, -0.1) is 0 Å². The smallest absolute Gasteiger partial charge is 0.132 e. The monoisotopic (exact) mass is 188 g/mol. The predicted molar refractivity (Wildman–Crippen MR) is 52.6 cm³/mol. The van der Waals surface area contributed by atoms with Gasteiger partial charge in [0.1, 0.15) is 11.5 Å². The maximum Gasteiger partial charge on any atom is 0.132 e. The van der Waals surface area contributed by atoms with E-state index in [1.54, 1.807) is 12.3 Å². The molecule has 0 aromatic carbocycles. The van der Waals surface area contributed by atoms with Gasteiger partial charge in [0.25, 0.3) is 0 Å². The third kappa shape index (κ3) is 2.30. The van der Waals surface area contributed by atoms with Crippen molar-refractivity contribution < 1.29 is 5.11 Å². The van der Waals surface area contributed by atoms with Gasteiger partial charge >= 0.3 is 0 Å². The van der Waals surface area contributed by atoms with Gasteiger partial charge in [-0.2, -0.15) is 0 Å². The number of aliphatic hydroxyl groups excluding tert-OH is 1. The van der Waals surface area contributed by atoms with Gasteiger partial charge in [0.05, 0.1) is 6.61 Å². The summed E-state index contributed by atoms with van der Waals surface area (Å²) < 4.78 is 0. The predicted octanol–water partition coefficient (Wildman–Crippen LogP) is 1.09. The maximum absolute atomic E-state index is 8.56. The van der Waals surface area contributed by atoms with Gasteiger partial charge in [-0.05, 0) is 24.8 Å². The molecule has 0 saturated heterocycles. The van der Waals surface area contributed by atoms with Crippen LogP contribution in [0.5, 0.6) is 0 Å². The Morgan fingerprint density at radius 1 is 1.50 bits per heavy atom. The van der Waals surface area contributed by atoms with E-state index in [9.17, 15) is 0 Å². The summed E-state index contributed by atoms with van der Waals surface area (Å²) in [5.74, 6) is 7.24. The molecule has 1 aliphatic carbocycles. The molecule has 0 radical (unpaired) electrons. The first-order valence-corrected chi connectivity index (χ1v) is 4.83. The Morgan fingerprint density at radius 3 is 3.07 bits per heavy atom. The van der Waals surface area contributed by atoms with E-state index in [0.717, 1.165) is 11.5 Å². The lowest BCUT2D eigenvalue weighted by molar-refractivity contribution is 0.305. The van der Waals surface area contributed by atoms with Crippen LogP contribution in [0.15, 0.2) is 12.3 Å². The number of nitrogens with zero attached hydrogens (tertiary/aromatic N) is 2. The van der Waals surface area contributed by atoms with Gasteiger partial charge in [0, 0.05) is 18.5 Å². The van der Waals surface area contributed by atoms with Crippen molar-refractivity contribution in [3.8, 4) is 11.8 Å². The van der Waals surface area contributed by atoms with Crippen LogP contribution in [0.1, 0.15) is 36.7 Å². The van der Waals surface area contributed by atoms with Crippen molar-refractivity contribution in [1.29, 1.82) is 0 Å². The highest BCUT2D eigenvalue weighted by Gasteiger charge is 2.26. The average Bonchev–Trinajstić information content (AvgIpc) is 3.02. The largest absolute Gasteiger partial charge is 0.395 e. The van der Waals surface area contributed by atoms with Crippen molar-refractivity contribution in [2.24, 2.45) is 0 Å². The molecule has 2 rings (SSSR count). The Bertz CT molecular complexity index is 374. The third-order valence-corrected chi connectivity index (χ3v) is 2.07. The Kier molecular flexibility index (Phi) is 2.76. The van der Waals surface area contributed by atoms with E-state index in [1.807, 2.05) is 0 Å². The molecule has 1 aromatic heterocycles. The van der Waals surface area contributed by atoms with Crippen molar-refractivity contribution in [2.45, 2.75) is 25.2 Å². The normalized spacial score (nSPS) is 14.6. The van der Waals surface area contributed by atoms with Crippen LogP contribution in [0.25, 0.3) is 0 Å². The number of hydrogen-bond donors (Lipinski definition) is 1. The first-order chi connectivity index (χ1) is 6.90. The summed E-state index contributed by atoms with van der Waals surface area (Å²) >= 11 is 0. The quantitative estimate of drug-likeness (QED) is 0.706. The topological polar surface area (TPSA) is 46.0 Å². The van der Waals surface area contributed by atoms with Crippen LogP contribution in [0, 0.1) is 11.8 Å². The van der Waals surface area contributed by atoms with Crippen LogP contribution >= 0.6 is 0 Å². The Hall–Kier alpha value is -1.40. The fourth-order valence-electron chi connectivity index (χ4n) is 1.19. The Labute approximate surface area is 83.2 Å². The molecule has 1 fully saturated rings. The molecule has 0 amide bonds. The summed E-state index contributed by atoms with van der Waals surface area (Å²) in [5.41, 5.74) is 0.760. The molecule has 0 aliphatic heterocycles. The number of aromatic nitrogens is 2. The zero-order chi connectivity index (χ0) is 9.80. The first-order valence-electron chi connectivity index (χ1n) is 4.83. The molecule has 0 atom stereocenters. The van der Waals surface area contributed by atoms with E-state index in [-0.39, 0.29) is 6.61 Å². The minimum absolute atomic E-state index is 0.105. The van der Waals surface area contributed by atoms with Crippen molar-refractivity contribution in [3.05, 3.63) is 23.8 Å². The van der Waals surface area contributed by atoms with Gasteiger partial charge in [-0.25, -0.2) is 9.97 Å². The molecule has 1 aliphatic rings. The van der Waals surface area contributed by atoms with E-state index < -0.39 is 0 Å². The molecular formula is C11H12N2O. The van der Waals surface area contributed by atoms with Crippen molar-refractivity contribution in [2.75, 3.05) is 6.61 Å². The van der Waals surface area contributed by atoms with Crippen molar-refractivity contribution in [1.82, 2.24) is 9.97 Å². The molecule has 72 valence electrons. The van der Waals surface area contributed by atoms with Crippen molar-refractivity contribution >= 4 is 0 Å². The Balaban J connectivity index is 2.10. The summed E-state index contributed by atoms with van der Waals surface area (Å²) in [6.07, 6.45) is 4.66. The zero-order valence-corrected chi connectivity index (χ0v) is 7.90. The zero-order valence-electron chi connectivity index (χ0n) is 7.90. The number of rotatable bonds is 2. The summed E-state index contributed by atoms with van der Waals surface area (Å²) in [6, 6.07) is 1.80. The van der Waals surface area contributed by atoms with Crippen LogP contribution < -0.4 is 0 Å². The van der Waals surface area contributed by atoms with Crippen molar-refractivity contribution in [3.63, 3.8) is 0 Å². The molecule has 0 bridgehead atoms. The summed E-state index contributed by atoms with van der Waals surface area (Å²) in [7, 11) is 0. The minimum atomic E-state index is 0.105. The molecular weight excluding hydrogens is 176 g/mol. The number of aliphatic hydroxyl groups is 1. The van der Waals surface area contributed by atoms with Crippen LogP contribution in [-0.2, 0) is 0 Å². The van der Waals surface area contributed by atoms with Gasteiger partial charge in [-0.3, -0.25) is 0 Å². The van der Waals surface area contributed by atoms with Gasteiger partial charge in [-0.1, -0.05) is 5.92 Å². The lowest BCUT2D eigenvalue weighted by Gasteiger charge is -1.95. The summed E-state index contributed by atoms with van der Waals surface area (Å²) in [6.45, 7) is 0.105. The molecule has 1 N–H and O–H groups in total. The summed E-state index contributed by atoms with van der Waals surface area (Å²) in [5, 5.41) is 8.56. The van der Waals surface area contributed by atoms with E-state index in [1.165, 1.54) is 12.8 Å². The second kappa shape index (κ2) is 4.21. The standard InChI is InChI=1S/C11H12N2O/c14-8-2-1-3-10-6-7-12-11(13-10)9-4-5-9/h6-7,9,14H,2,4-5,8H2. The second-order valence-corrected chi connectivity index (χ2v) is 3.35. The molecule has 1 saturated carbocycles. The Morgan fingerprint density at radius 2 is 2.36 bits per heavy atom. The van der Waals surface area contributed by atoms with Crippen LogP contribution in [-0.4, -0.2) is 21.7 Å². The fraction of sp³-hybridized carbons (Fsp3) is 0.455. The van der Waals surface area contributed by atoms with Gasteiger partial charge < -0.3 is 5.11 Å². The van der Waals surface area contributed by atoms with Crippen LogP contribution in [0.3, 0.4) is 0 Å². The van der Waals surface area contributed by atoms with E-state index in [0.29, 0.717) is 12.3 Å². The highest BCUT2D eigenvalue weighted by molar-refractivity contribution is 5.27. The molecule has 3 heteroatoms. The average molecular weight is 188 g/mol. The molecule has 14 heavy (non-hydrogen) atoms.